The van der Waals surface area contributed by atoms with Crippen molar-refractivity contribution in [3.8, 4) is 10.6 Å². The lowest BCUT2D eigenvalue weighted by Crippen LogP contribution is -2.19. The van der Waals surface area contributed by atoms with E-state index in [9.17, 15) is 0 Å². The highest BCUT2D eigenvalue weighted by Gasteiger charge is 2.19. The molecular weight excluding hydrogens is 248 g/mol. The highest BCUT2D eigenvalue weighted by Crippen LogP contribution is 2.30. The van der Waals surface area contributed by atoms with E-state index >= 15 is 0 Å². The Balaban J connectivity index is 1.63. The van der Waals surface area contributed by atoms with Gasteiger partial charge in [0.2, 0.25) is 0 Å². The minimum Gasteiger partial charge on any atom is -0.314 e. The fraction of sp³-hybridized carbons (Fsp3) is 0.462. The Morgan fingerprint density at radius 1 is 1.41 bits per heavy atom. The fourth-order valence-corrected chi connectivity index (χ4v) is 3.59. The van der Waals surface area contributed by atoms with Crippen LogP contribution in [0.5, 0.6) is 0 Å². The number of hydrogen-bond donors (Lipinski definition) is 1. The van der Waals surface area contributed by atoms with Crippen LogP contribution in [0.25, 0.3) is 10.6 Å². The quantitative estimate of drug-likeness (QED) is 0.894. The van der Waals surface area contributed by atoms with E-state index in [-0.39, 0.29) is 0 Å². The summed E-state index contributed by atoms with van der Waals surface area (Å²) >= 11 is 3.57. The number of aryl methyl sites for hydroxylation is 1. The molecule has 90 valence electrons. The second-order valence-electron chi connectivity index (χ2n) is 4.54. The number of nitrogens with one attached hydrogen (secondary N) is 1. The van der Waals surface area contributed by atoms with E-state index in [0.717, 1.165) is 24.7 Å². The summed E-state index contributed by atoms with van der Waals surface area (Å²) in [6.45, 7) is 3.22. The van der Waals surface area contributed by atoms with Crippen LogP contribution in [-0.2, 0) is 6.42 Å². The van der Waals surface area contributed by atoms with E-state index < -0.39 is 0 Å². The molecule has 0 aromatic carbocycles. The summed E-state index contributed by atoms with van der Waals surface area (Å²) in [4.78, 5) is 6.04. The van der Waals surface area contributed by atoms with Gasteiger partial charge in [-0.1, -0.05) is 0 Å². The first kappa shape index (κ1) is 11.4. The van der Waals surface area contributed by atoms with Crippen molar-refractivity contribution in [1.29, 1.82) is 0 Å². The first-order valence-electron chi connectivity index (χ1n) is 6.05. The van der Waals surface area contributed by atoms with Gasteiger partial charge < -0.3 is 5.32 Å². The zero-order valence-corrected chi connectivity index (χ0v) is 11.5. The van der Waals surface area contributed by atoms with Crippen molar-refractivity contribution in [3.05, 3.63) is 27.4 Å². The maximum absolute atomic E-state index is 4.72. The lowest BCUT2D eigenvalue weighted by Gasteiger charge is -1.98. The minimum atomic E-state index is 0.800. The first-order chi connectivity index (χ1) is 8.33. The average Bonchev–Trinajstić information content (AvgIpc) is 2.85. The number of rotatable bonds is 5. The third-order valence-corrected chi connectivity index (χ3v) is 4.94. The molecule has 1 N–H and O–H groups in total. The van der Waals surface area contributed by atoms with E-state index in [4.69, 9.17) is 4.98 Å². The van der Waals surface area contributed by atoms with Crippen molar-refractivity contribution in [2.45, 2.75) is 32.2 Å². The monoisotopic (exact) mass is 264 g/mol. The minimum absolute atomic E-state index is 0.800. The molecule has 2 aromatic heterocycles. The lowest BCUT2D eigenvalue weighted by atomic mass is 10.2. The highest BCUT2D eigenvalue weighted by atomic mass is 32.1. The summed E-state index contributed by atoms with van der Waals surface area (Å²) in [6.07, 6.45) is 3.78. The van der Waals surface area contributed by atoms with E-state index in [2.05, 4.69) is 29.1 Å². The van der Waals surface area contributed by atoms with Gasteiger partial charge in [0.05, 0.1) is 15.6 Å². The van der Waals surface area contributed by atoms with Crippen LogP contribution in [-0.4, -0.2) is 17.6 Å². The van der Waals surface area contributed by atoms with Crippen molar-refractivity contribution in [1.82, 2.24) is 10.3 Å². The van der Waals surface area contributed by atoms with Crippen LogP contribution in [0, 0.1) is 6.92 Å². The van der Waals surface area contributed by atoms with Gasteiger partial charge in [-0.3, -0.25) is 0 Å². The van der Waals surface area contributed by atoms with Crippen molar-refractivity contribution in [2.24, 2.45) is 0 Å². The smallest absolute Gasteiger partial charge is 0.0945 e. The Morgan fingerprint density at radius 2 is 2.29 bits per heavy atom. The van der Waals surface area contributed by atoms with Gasteiger partial charge in [-0.15, -0.1) is 22.7 Å². The van der Waals surface area contributed by atoms with E-state index in [1.165, 1.54) is 28.3 Å². The van der Waals surface area contributed by atoms with Crippen LogP contribution in [0.2, 0.25) is 0 Å². The Labute approximate surface area is 110 Å². The van der Waals surface area contributed by atoms with Crippen molar-refractivity contribution >= 4 is 22.7 Å². The number of thiazole rings is 1. The average molecular weight is 264 g/mol. The summed E-state index contributed by atoms with van der Waals surface area (Å²) < 4.78 is 0. The number of thiophene rings is 1. The molecule has 1 aliphatic rings. The summed E-state index contributed by atoms with van der Waals surface area (Å²) in [5.74, 6) is 0. The Hall–Kier alpha value is -0.710. The van der Waals surface area contributed by atoms with Crippen LogP contribution < -0.4 is 5.32 Å². The third kappa shape index (κ3) is 2.76. The van der Waals surface area contributed by atoms with Gasteiger partial charge in [0, 0.05) is 24.4 Å². The van der Waals surface area contributed by atoms with Gasteiger partial charge in [-0.05, 0) is 36.8 Å². The topological polar surface area (TPSA) is 24.9 Å². The Bertz CT molecular complexity index is 497. The Kier molecular flexibility index (Phi) is 3.27. The number of hydrogen-bond acceptors (Lipinski definition) is 4. The predicted molar refractivity (Wildman–Crippen MR) is 74.9 cm³/mol. The standard InChI is InChI=1S/C13H16N2S2/c1-9-5-7-16-13(9)11-8-17-12(15-11)4-6-14-10-2-3-10/h5,7-8,10,14H,2-4,6H2,1H3. The largest absolute Gasteiger partial charge is 0.314 e. The molecule has 0 radical (unpaired) electrons. The molecule has 3 rings (SSSR count). The molecule has 1 aliphatic carbocycles. The molecule has 2 nitrogen and oxygen atoms in total. The van der Waals surface area contributed by atoms with E-state index in [1.807, 2.05) is 0 Å². The van der Waals surface area contributed by atoms with Gasteiger partial charge in [0.15, 0.2) is 0 Å². The van der Waals surface area contributed by atoms with Crippen molar-refractivity contribution in [3.63, 3.8) is 0 Å². The van der Waals surface area contributed by atoms with Crippen molar-refractivity contribution < 1.29 is 0 Å². The second-order valence-corrected chi connectivity index (χ2v) is 6.40. The summed E-state index contributed by atoms with van der Waals surface area (Å²) in [7, 11) is 0. The van der Waals surface area contributed by atoms with Crippen LogP contribution in [0.4, 0.5) is 0 Å². The molecule has 0 atom stereocenters. The maximum atomic E-state index is 4.72. The fourth-order valence-electron chi connectivity index (χ4n) is 1.84. The molecule has 0 unspecified atom stereocenters. The normalized spacial score (nSPS) is 15.4. The molecular formula is C13H16N2S2. The molecule has 0 bridgehead atoms. The van der Waals surface area contributed by atoms with E-state index in [1.54, 1.807) is 22.7 Å². The second kappa shape index (κ2) is 4.88. The SMILES string of the molecule is Cc1ccsc1-c1csc(CCNC2CC2)n1. The summed E-state index contributed by atoms with van der Waals surface area (Å²) in [5, 5.41) is 9.10. The molecule has 4 heteroatoms. The van der Waals surface area contributed by atoms with Crippen molar-refractivity contribution in [2.75, 3.05) is 6.54 Å². The van der Waals surface area contributed by atoms with Crippen LogP contribution >= 0.6 is 22.7 Å². The summed E-state index contributed by atoms with van der Waals surface area (Å²) in [5.41, 5.74) is 2.49. The molecule has 2 heterocycles. The Morgan fingerprint density at radius 3 is 3.00 bits per heavy atom. The molecule has 0 saturated heterocycles. The van der Waals surface area contributed by atoms with Crippen LogP contribution in [0.15, 0.2) is 16.8 Å². The van der Waals surface area contributed by atoms with Gasteiger partial charge >= 0.3 is 0 Å². The van der Waals surface area contributed by atoms with Gasteiger partial charge in [0.1, 0.15) is 0 Å². The maximum Gasteiger partial charge on any atom is 0.0945 e. The zero-order valence-electron chi connectivity index (χ0n) is 9.90. The predicted octanol–water partition coefficient (Wildman–Crippen LogP) is 3.47. The van der Waals surface area contributed by atoms with Crippen LogP contribution in [0.1, 0.15) is 23.4 Å². The molecule has 0 spiro atoms. The van der Waals surface area contributed by atoms with Gasteiger partial charge in [0.25, 0.3) is 0 Å². The highest BCUT2D eigenvalue weighted by molar-refractivity contribution is 7.14. The molecule has 1 saturated carbocycles. The lowest BCUT2D eigenvalue weighted by molar-refractivity contribution is 0.680. The number of nitrogens with zero attached hydrogens (tertiary/aromatic N) is 1. The van der Waals surface area contributed by atoms with Crippen LogP contribution in [0.3, 0.4) is 0 Å². The zero-order chi connectivity index (χ0) is 11.7. The third-order valence-electron chi connectivity index (χ3n) is 3.00. The van der Waals surface area contributed by atoms with Gasteiger partial charge in [-0.25, -0.2) is 4.98 Å². The summed E-state index contributed by atoms with van der Waals surface area (Å²) in [6, 6.07) is 2.96. The van der Waals surface area contributed by atoms with Gasteiger partial charge in [-0.2, -0.15) is 0 Å². The van der Waals surface area contributed by atoms with E-state index in [0.29, 0.717) is 0 Å². The molecule has 17 heavy (non-hydrogen) atoms. The molecule has 1 fully saturated rings. The molecule has 2 aromatic rings. The molecule has 0 aliphatic heterocycles. The first-order valence-corrected chi connectivity index (χ1v) is 7.81. The molecule has 0 amide bonds. The number of aromatic nitrogens is 1.